The van der Waals surface area contributed by atoms with Gasteiger partial charge >= 0.3 is 5.95 Å². The number of nitrogens with two attached hydrogens (primary N) is 1. The van der Waals surface area contributed by atoms with E-state index in [0.717, 1.165) is 10.9 Å². The molecule has 1 fully saturated rings. The van der Waals surface area contributed by atoms with E-state index < -0.39 is 41.8 Å². The van der Waals surface area contributed by atoms with Gasteiger partial charge in [-0.15, -0.1) is 0 Å². The van der Waals surface area contributed by atoms with Crippen LogP contribution >= 0.6 is 0 Å². The van der Waals surface area contributed by atoms with Gasteiger partial charge in [-0.25, -0.2) is 13.8 Å². The van der Waals surface area contributed by atoms with Crippen molar-refractivity contribution in [3.63, 3.8) is 0 Å². The highest BCUT2D eigenvalue weighted by molar-refractivity contribution is 5.82. The number of ether oxygens (including phenoxy) is 1. The van der Waals surface area contributed by atoms with Crippen molar-refractivity contribution >= 4 is 22.9 Å². The maximum atomic E-state index is 14.0. The molecule has 0 aliphatic carbocycles. The zero-order valence-electron chi connectivity index (χ0n) is 11.2. The Balaban J connectivity index is 2.12. The van der Waals surface area contributed by atoms with Crippen LogP contribution in [0.15, 0.2) is 6.33 Å². The van der Waals surface area contributed by atoms with Crippen LogP contribution in [-0.2, 0) is 4.74 Å². The van der Waals surface area contributed by atoms with Crippen LogP contribution in [0.5, 0.6) is 0 Å². The Kier molecular flexibility index (Phi) is 3.35. The minimum absolute atomic E-state index is 0.0674. The molecule has 0 aromatic carbocycles. The second-order valence-electron chi connectivity index (χ2n) is 4.84. The molecule has 0 unspecified atom stereocenters. The van der Waals surface area contributed by atoms with Crippen molar-refractivity contribution in [1.29, 1.82) is 0 Å². The Morgan fingerprint density at radius 2 is 2.26 bits per heavy atom. The lowest BCUT2D eigenvalue weighted by Crippen LogP contribution is -2.39. The SMILES string of the molecule is Nc1nc([N+](=O)[O-])nc2c1ncn2[C@@H]1O[C@](F)(CO)[C@@H](F)[C@H]1O. The second kappa shape index (κ2) is 5.00. The fraction of sp³-hybridized carbons (Fsp3) is 0.500. The molecule has 2 aromatic heterocycles. The lowest BCUT2D eigenvalue weighted by Gasteiger charge is -2.18. The molecular formula is C10H10F2N6O5. The fourth-order valence-electron chi connectivity index (χ4n) is 2.28. The summed E-state index contributed by atoms with van der Waals surface area (Å²) in [4.78, 5) is 20.7. The van der Waals surface area contributed by atoms with Gasteiger partial charge < -0.3 is 30.8 Å². The molecule has 2 aromatic rings. The first kappa shape index (κ1) is 15.4. The second-order valence-corrected chi connectivity index (χ2v) is 4.84. The molecule has 0 spiro atoms. The molecule has 23 heavy (non-hydrogen) atoms. The number of nitrogen functional groups attached to an aromatic ring is 1. The molecule has 0 amide bonds. The lowest BCUT2D eigenvalue weighted by molar-refractivity contribution is -0.394. The standard InChI is InChI=1S/C10H10F2N6O5/c11-5-4(20)8(23-10(5,12)1-19)17-2-14-3-6(13)15-9(18(21)22)16-7(3)17/h2,4-5,8,19-20H,1H2,(H2,13,15,16)/t4-,5+,8-,10-/m1/s1. The highest BCUT2D eigenvalue weighted by Crippen LogP contribution is 2.41. The van der Waals surface area contributed by atoms with Gasteiger partial charge in [-0.1, -0.05) is 0 Å². The molecule has 3 heterocycles. The number of halogens is 2. The van der Waals surface area contributed by atoms with Gasteiger partial charge in [0.05, 0.1) is 0 Å². The molecule has 1 saturated heterocycles. The van der Waals surface area contributed by atoms with Gasteiger partial charge in [0.1, 0.15) is 19.0 Å². The summed E-state index contributed by atoms with van der Waals surface area (Å²) in [5.74, 6) is -4.29. The van der Waals surface area contributed by atoms with Gasteiger partial charge in [0.25, 0.3) is 5.85 Å². The van der Waals surface area contributed by atoms with Crippen LogP contribution in [0, 0.1) is 10.1 Å². The first-order valence-corrected chi connectivity index (χ1v) is 6.22. The topological polar surface area (TPSA) is 162 Å². The summed E-state index contributed by atoms with van der Waals surface area (Å²) in [6, 6.07) is 0. The van der Waals surface area contributed by atoms with E-state index in [2.05, 4.69) is 15.0 Å². The van der Waals surface area contributed by atoms with Crippen molar-refractivity contribution in [2.75, 3.05) is 12.3 Å². The molecule has 4 N–H and O–H groups in total. The van der Waals surface area contributed by atoms with Crippen molar-refractivity contribution in [1.82, 2.24) is 19.5 Å². The molecular weight excluding hydrogens is 322 g/mol. The maximum Gasteiger partial charge on any atom is 0.473 e. The molecule has 4 atom stereocenters. The van der Waals surface area contributed by atoms with E-state index in [1.807, 2.05) is 0 Å². The van der Waals surface area contributed by atoms with Crippen LogP contribution in [0.2, 0.25) is 0 Å². The largest absolute Gasteiger partial charge is 0.473 e. The average molecular weight is 332 g/mol. The minimum Gasteiger partial charge on any atom is -0.390 e. The number of fused-ring (bicyclic) bond motifs is 1. The molecule has 1 aliphatic heterocycles. The molecule has 3 rings (SSSR count). The van der Waals surface area contributed by atoms with Gasteiger partial charge in [0.2, 0.25) is 11.5 Å². The number of rotatable bonds is 3. The van der Waals surface area contributed by atoms with E-state index in [0.29, 0.717) is 0 Å². The number of aliphatic hydroxyl groups is 2. The predicted molar refractivity (Wildman–Crippen MR) is 68.3 cm³/mol. The van der Waals surface area contributed by atoms with E-state index in [-0.39, 0.29) is 17.0 Å². The number of alkyl halides is 2. The number of hydrogen-bond acceptors (Lipinski definition) is 9. The van der Waals surface area contributed by atoms with E-state index >= 15 is 0 Å². The smallest absolute Gasteiger partial charge is 0.390 e. The number of nitrogens with zero attached hydrogens (tertiary/aromatic N) is 5. The Bertz CT molecular complexity index is 786. The number of aromatic nitrogens is 4. The Morgan fingerprint density at radius 3 is 2.83 bits per heavy atom. The average Bonchev–Trinajstić information content (AvgIpc) is 3.03. The van der Waals surface area contributed by atoms with Gasteiger partial charge in [-0.3, -0.25) is 4.57 Å². The summed E-state index contributed by atoms with van der Waals surface area (Å²) < 4.78 is 33.4. The van der Waals surface area contributed by atoms with E-state index in [1.54, 1.807) is 0 Å². The molecule has 13 heteroatoms. The fourth-order valence-corrected chi connectivity index (χ4v) is 2.28. The highest BCUT2D eigenvalue weighted by atomic mass is 19.2. The molecule has 1 aliphatic rings. The minimum atomic E-state index is -3.12. The summed E-state index contributed by atoms with van der Waals surface area (Å²) in [7, 11) is 0. The first-order valence-electron chi connectivity index (χ1n) is 6.22. The van der Waals surface area contributed by atoms with E-state index in [9.17, 15) is 24.0 Å². The third-order valence-corrected chi connectivity index (χ3v) is 3.41. The molecule has 0 saturated carbocycles. The monoisotopic (exact) mass is 332 g/mol. The summed E-state index contributed by atoms with van der Waals surface area (Å²) in [6.45, 7) is -1.33. The summed E-state index contributed by atoms with van der Waals surface area (Å²) in [5.41, 5.74) is 5.21. The summed E-state index contributed by atoms with van der Waals surface area (Å²) >= 11 is 0. The summed E-state index contributed by atoms with van der Waals surface area (Å²) in [5, 5.41) is 29.5. The Hall–Kier alpha value is -2.51. The van der Waals surface area contributed by atoms with Crippen LogP contribution in [0.1, 0.15) is 6.23 Å². The van der Waals surface area contributed by atoms with Crippen LogP contribution in [0.25, 0.3) is 11.2 Å². The number of nitro groups is 1. The molecule has 0 bridgehead atoms. The molecule has 0 radical (unpaired) electrons. The van der Waals surface area contributed by atoms with Crippen molar-refractivity contribution in [2.24, 2.45) is 0 Å². The highest BCUT2D eigenvalue weighted by Gasteiger charge is 2.57. The third-order valence-electron chi connectivity index (χ3n) is 3.41. The third kappa shape index (κ3) is 2.16. The van der Waals surface area contributed by atoms with Crippen molar-refractivity contribution in [3.8, 4) is 0 Å². The van der Waals surface area contributed by atoms with Crippen LogP contribution in [0.3, 0.4) is 0 Å². The maximum absolute atomic E-state index is 14.0. The van der Waals surface area contributed by atoms with Gasteiger partial charge in [0, 0.05) is 0 Å². The van der Waals surface area contributed by atoms with Crippen molar-refractivity contribution in [2.45, 2.75) is 24.4 Å². The zero-order chi connectivity index (χ0) is 16.9. The van der Waals surface area contributed by atoms with E-state index in [4.69, 9.17) is 15.6 Å². The Morgan fingerprint density at radius 1 is 1.57 bits per heavy atom. The van der Waals surface area contributed by atoms with Crippen molar-refractivity contribution in [3.05, 3.63) is 16.4 Å². The Labute approximate surface area is 125 Å². The lowest BCUT2D eigenvalue weighted by atomic mass is 10.1. The van der Waals surface area contributed by atoms with Gasteiger partial charge in [-0.2, -0.15) is 0 Å². The van der Waals surface area contributed by atoms with Crippen LogP contribution in [-0.4, -0.2) is 59.4 Å². The van der Waals surface area contributed by atoms with E-state index in [1.165, 1.54) is 0 Å². The number of hydrogen-bond donors (Lipinski definition) is 3. The zero-order valence-corrected chi connectivity index (χ0v) is 11.2. The number of aliphatic hydroxyl groups excluding tert-OH is 2. The molecule has 124 valence electrons. The quantitative estimate of drug-likeness (QED) is 0.482. The van der Waals surface area contributed by atoms with Gasteiger partial charge in [0.15, 0.2) is 17.9 Å². The van der Waals surface area contributed by atoms with Gasteiger partial charge in [-0.05, 0) is 14.9 Å². The molecule has 11 nitrogen and oxygen atoms in total. The van der Waals surface area contributed by atoms with Crippen molar-refractivity contribution < 1.29 is 28.7 Å². The number of anilines is 1. The van der Waals surface area contributed by atoms with Crippen LogP contribution in [0.4, 0.5) is 20.5 Å². The predicted octanol–water partition coefficient (Wildman–Crippen LogP) is -0.797. The summed E-state index contributed by atoms with van der Waals surface area (Å²) in [6.07, 6.45) is -5.20. The first-order chi connectivity index (χ1) is 10.8. The normalized spacial score (nSPS) is 30.9. The number of imidazole rings is 1. The van der Waals surface area contributed by atoms with Crippen LogP contribution < -0.4 is 5.73 Å².